The number of aryl methyl sites for hydroxylation is 1. The minimum absolute atomic E-state index is 0. The molecule has 1 aromatic carbocycles. The standard InChI is InChI=1S/C22H27N5O3S.ClH/c1-16-17(2)23-15-26(21(16)29)14-20(28)27(9-5-8-25-10-12-30-13-11-25)22-24-18-6-3-4-7-19(18)31-22;/h3-4,6-7,15H,5,8-14H2,1-2H3;1H. The van der Waals surface area contributed by atoms with E-state index in [-0.39, 0.29) is 30.4 Å². The Bertz CT molecular complexity index is 1090. The van der Waals surface area contributed by atoms with Crippen molar-refractivity contribution in [2.75, 3.05) is 44.3 Å². The minimum atomic E-state index is -0.182. The number of rotatable bonds is 7. The van der Waals surface area contributed by atoms with Crippen LogP contribution in [0.25, 0.3) is 10.2 Å². The quantitative estimate of drug-likeness (QED) is 0.520. The molecular formula is C22H28ClN5O3S. The van der Waals surface area contributed by atoms with Gasteiger partial charge in [0.25, 0.3) is 5.56 Å². The van der Waals surface area contributed by atoms with Gasteiger partial charge in [-0.15, -0.1) is 12.4 Å². The fourth-order valence-corrected chi connectivity index (χ4v) is 4.61. The number of halogens is 1. The number of para-hydroxylation sites is 1. The molecule has 0 bridgehead atoms. The van der Waals surface area contributed by atoms with Crippen molar-refractivity contribution in [3.05, 3.63) is 52.2 Å². The molecule has 1 fully saturated rings. The maximum Gasteiger partial charge on any atom is 0.256 e. The molecule has 3 heterocycles. The van der Waals surface area contributed by atoms with Gasteiger partial charge in [0.15, 0.2) is 5.13 Å². The van der Waals surface area contributed by atoms with Gasteiger partial charge in [0, 0.05) is 37.4 Å². The Labute approximate surface area is 197 Å². The summed E-state index contributed by atoms with van der Waals surface area (Å²) in [5.74, 6) is -0.159. The molecule has 8 nitrogen and oxygen atoms in total. The minimum Gasteiger partial charge on any atom is -0.379 e. The number of thiazole rings is 1. The van der Waals surface area contributed by atoms with E-state index in [9.17, 15) is 9.59 Å². The van der Waals surface area contributed by atoms with Gasteiger partial charge in [0.2, 0.25) is 5.91 Å². The molecule has 172 valence electrons. The Morgan fingerprint density at radius 3 is 2.72 bits per heavy atom. The summed E-state index contributed by atoms with van der Waals surface area (Å²) in [7, 11) is 0. The van der Waals surface area contributed by atoms with E-state index in [0.717, 1.165) is 49.5 Å². The normalized spacial score (nSPS) is 14.3. The van der Waals surface area contributed by atoms with Crippen LogP contribution < -0.4 is 10.5 Å². The number of hydrogen-bond donors (Lipinski definition) is 0. The SMILES string of the molecule is Cc1ncn(CC(=O)N(CCCN2CCOCC2)c2nc3ccccc3s2)c(=O)c1C.Cl. The van der Waals surface area contributed by atoms with E-state index in [4.69, 9.17) is 4.74 Å². The van der Waals surface area contributed by atoms with Crippen molar-refractivity contribution in [3.8, 4) is 0 Å². The number of morpholine rings is 1. The first-order valence-electron chi connectivity index (χ1n) is 10.5. The topological polar surface area (TPSA) is 80.6 Å². The number of anilines is 1. The maximum absolute atomic E-state index is 13.3. The van der Waals surface area contributed by atoms with E-state index in [2.05, 4.69) is 14.9 Å². The van der Waals surface area contributed by atoms with Gasteiger partial charge >= 0.3 is 0 Å². The molecule has 0 unspecified atom stereocenters. The van der Waals surface area contributed by atoms with Crippen molar-refractivity contribution in [3.63, 3.8) is 0 Å². The highest BCUT2D eigenvalue weighted by Gasteiger charge is 2.21. The highest BCUT2D eigenvalue weighted by Crippen LogP contribution is 2.29. The van der Waals surface area contributed by atoms with E-state index >= 15 is 0 Å². The lowest BCUT2D eigenvalue weighted by molar-refractivity contribution is -0.119. The molecule has 1 amide bonds. The smallest absolute Gasteiger partial charge is 0.256 e. The van der Waals surface area contributed by atoms with Crippen LogP contribution >= 0.6 is 23.7 Å². The molecule has 0 aliphatic carbocycles. The molecule has 0 spiro atoms. The third-order valence-corrected chi connectivity index (χ3v) is 6.65. The second kappa shape index (κ2) is 11.0. The van der Waals surface area contributed by atoms with Gasteiger partial charge in [-0.25, -0.2) is 9.97 Å². The van der Waals surface area contributed by atoms with E-state index in [1.54, 1.807) is 18.7 Å². The average molecular weight is 478 g/mol. The first-order chi connectivity index (χ1) is 15.0. The molecule has 0 saturated carbocycles. The molecule has 32 heavy (non-hydrogen) atoms. The van der Waals surface area contributed by atoms with Crippen LogP contribution in [0.2, 0.25) is 0 Å². The van der Waals surface area contributed by atoms with Gasteiger partial charge in [-0.05, 0) is 32.4 Å². The Balaban J connectivity index is 0.00000289. The Morgan fingerprint density at radius 2 is 1.97 bits per heavy atom. The number of benzene rings is 1. The van der Waals surface area contributed by atoms with Crippen molar-refractivity contribution >= 4 is 45.0 Å². The molecule has 1 aliphatic rings. The Hall–Kier alpha value is -2.33. The van der Waals surface area contributed by atoms with Gasteiger partial charge in [0.05, 0.1) is 29.8 Å². The summed E-state index contributed by atoms with van der Waals surface area (Å²) < 4.78 is 7.83. The summed E-state index contributed by atoms with van der Waals surface area (Å²) in [4.78, 5) is 38.8. The average Bonchev–Trinajstić information content (AvgIpc) is 3.21. The molecular weight excluding hydrogens is 450 g/mol. The van der Waals surface area contributed by atoms with Gasteiger partial charge in [0.1, 0.15) is 6.54 Å². The molecule has 10 heteroatoms. The number of aromatic nitrogens is 3. The van der Waals surface area contributed by atoms with Crippen LogP contribution in [-0.4, -0.2) is 64.7 Å². The molecule has 2 aromatic heterocycles. The number of fused-ring (bicyclic) bond motifs is 1. The molecule has 3 aromatic rings. The van der Waals surface area contributed by atoms with E-state index < -0.39 is 0 Å². The first-order valence-corrected chi connectivity index (χ1v) is 11.3. The van der Waals surface area contributed by atoms with Crippen LogP contribution in [0.5, 0.6) is 0 Å². The lowest BCUT2D eigenvalue weighted by Crippen LogP contribution is -2.41. The molecule has 0 atom stereocenters. The second-order valence-electron chi connectivity index (χ2n) is 7.71. The zero-order valence-corrected chi connectivity index (χ0v) is 20.0. The summed E-state index contributed by atoms with van der Waals surface area (Å²) in [6.07, 6.45) is 2.27. The summed E-state index contributed by atoms with van der Waals surface area (Å²) in [6, 6.07) is 7.86. The number of ether oxygens (including phenoxy) is 1. The summed E-state index contributed by atoms with van der Waals surface area (Å²) in [5, 5.41) is 0.665. The molecule has 0 N–H and O–H groups in total. The Kier molecular flexibility index (Phi) is 8.36. The fraction of sp³-hybridized carbons (Fsp3) is 0.455. The molecule has 1 saturated heterocycles. The van der Waals surface area contributed by atoms with E-state index in [1.165, 1.54) is 22.2 Å². The summed E-state index contributed by atoms with van der Waals surface area (Å²) >= 11 is 1.50. The predicted octanol–water partition coefficient (Wildman–Crippen LogP) is 2.65. The highest BCUT2D eigenvalue weighted by atomic mass is 35.5. The van der Waals surface area contributed by atoms with Gasteiger partial charge < -0.3 is 4.74 Å². The zero-order chi connectivity index (χ0) is 21.8. The molecule has 0 radical (unpaired) electrons. The lowest BCUT2D eigenvalue weighted by Gasteiger charge is -2.27. The monoisotopic (exact) mass is 477 g/mol. The van der Waals surface area contributed by atoms with E-state index in [0.29, 0.717) is 22.9 Å². The van der Waals surface area contributed by atoms with Crippen LogP contribution in [-0.2, 0) is 16.1 Å². The first kappa shape index (κ1) is 24.3. The maximum atomic E-state index is 13.3. The third-order valence-electron chi connectivity index (χ3n) is 5.60. The number of carbonyl (C=O) groups is 1. The van der Waals surface area contributed by atoms with Gasteiger partial charge in [-0.1, -0.05) is 23.5 Å². The highest BCUT2D eigenvalue weighted by molar-refractivity contribution is 7.22. The largest absolute Gasteiger partial charge is 0.379 e. The van der Waals surface area contributed by atoms with Gasteiger partial charge in [-0.2, -0.15) is 0 Å². The molecule has 4 rings (SSSR count). The van der Waals surface area contributed by atoms with Crippen molar-refractivity contribution in [2.24, 2.45) is 0 Å². The number of amides is 1. The Morgan fingerprint density at radius 1 is 1.22 bits per heavy atom. The predicted molar refractivity (Wildman–Crippen MR) is 129 cm³/mol. The molecule has 1 aliphatic heterocycles. The van der Waals surface area contributed by atoms with Crippen LogP contribution in [0.1, 0.15) is 17.7 Å². The number of carbonyl (C=O) groups excluding carboxylic acids is 1. The summed E-state index contributed by atoms with van der Waals surface area (Å²) in [5.41, 5.74) is 1.94. The zero-order valence-electron chi connectivity index (χ0n) is 18.3. The van der Waals surface area contributed by atoms with Crippen LogP contribution in [0.3, 0.4) is 0 Å². The van der Waals surface area contributed by atoms with Crippen molar-refractivity contribution in [1.29, 1.82) is 0 Å². The van der Waals surface area contributed by atoms with Crippen molar-refractivity contribution < 1.29 is 9.53 Å². The van der Waals surface area contributed by atoms with Crippen molar-refractivity contribution in [1.82, 2.24) is 19.4 Å². The fourth-order valence-electron chi connectivity index (χ4n) is 3.60. The van der Waals surface area contributed by atoms with Crippen LogP contribution in [0, 0.1) is 13.8 Å². The van der Waals surface area contributed by atoms with E-state index in [1.807, 2.05) is 24.3 Å². The lowest BCUT2D eigenvalue weighted by atomic mass is 10.2. The number of hydrogen-bond acceptors (Lipinski definition) is 7. The third kappa shape index (κ3) is 5.53. The van der Waals surface area contributed by atoms with Gasteiger partial charge in [-0.3, -0.25) is 24.0 Å². The van der Waals surface area contributed by atoms with Crippen molar-refractivity contribution in [2.45, 2.75) is 26.8 Å². The van der Waals surface area contributed by atoms with Crippen LogP contribution in [0.15, 0.2) is 35.4 Å². The second-order valence-corrected chi connectivity index (χ2v) is 8.71. The van der Waals surface area contributed by atoms with Crippen LogP contribution in [0.4, 0.5) is 5.13 Å². The summed E-state index contributed by atoms with van der Waals surface area (Å²) in [6.45, 7) is 8.25. The number of nitrogens with zero attached hydrogens (tertiary/aromatic N) is 5.